The third kappa shape index (κ3) is 5.57. The molecule has 0 atom stereocenters. The van der Waals surface area contributed by atoms with Crippen LogP contribution in [0.2, 0.25) is 0 Å². The molecule has 0 aliphatic heterocycles. The standard InChI is InChI=1S/C26H21BrIN3O2/c1-3-32-24-13-18(12-21(27)25(24)33-15-17-5-7-20(28)8-6-17)11-19(14-29)26-30-22-9-4-16(2)10-23(22)31-26/h4-13H,3,15H2,1-2H3,(H,30,31)/b19-11-. The molecule has 0 unspecified atom stereocenters. The Hall–Kier alpha value is -2.83. The molecule has 33 heavy (non-hydrogen) atoms. The van der Waals surface area contributed by atoms with Crippen molar-refractivity contribution in [2.75, 3.05) is 6.61 Å². The van der Waals surface area contributed by atoms with Gasteiger partial charge in [0.05, 0.1) is 27.7 Å². The molecule has 3 aromatic carbocycles. The number of hydrogen-bond acceptors (Lipinski definition) is 4. The number of aromatic amines is 1. The van der Waals surface area contributed by atoms with Crippen molar-refractivity contribution >= 4 is 61.2 Å². The quantitative estimate of drug-likeness (QED) is 0.176. The van der Waals surface area contributed by atoms with E-state index in [0.29, 0.717) is 36.1 Å². The van der Waals surface area contributed by atoms with Gasteiger partial charge >= 0.3 is 0 Å². The molecule has 166 valence electrons. The van der Waals surface area contributed by atoms with Gasteiger partial charge in [-0.15, -0.1) is 0 Å². The van der Waals surface area contributed by atoms with Crippen molar-refractivity contribution < 1.29 is 9.47 Å². The van der Waals surface area contributed by atoms with Crippen molar-refractivity contribution in [3.8, 4) is 17.6 Å². The average Bonchev–Trinajstić information content (AvgIpc) is 3.21. The van der Waals surface area contributed by atoms with E-state index in [2.05, 4.69) is 66.7 Å². The van der Waals surface area contributed by atoms with Crippen LogP contribution in [0.15, 0.2) is 59.1 Å². The number of imidazole rings is 1. The molecule has 4 rings (SSSR count). The van der Waals surface area contributed by atoms with E-state index < -0.39 is 0 Å². The number of H-pyrrole nitrogens is 1. The summed E-state index contributed by atoms with van der Waals surface area (Å²) in [7, 11) is 0. The van der Waals surface area contributed by atoms with Crippen molar-refractivity contribution in [2.24, 2.45) is 0 Å². The highest BCUT2D eigenvalue weighted by Crippen LogP contribution is 2.38. The molecular formula is C26H21BrIN3O2. The molecule has 0 bridgehead atoms. The molecule has 0 aliphatic carbocycles. The van der Waals surface area contributed by atoms with Crippen molar-refractivity contribution in [2.45, 2.75) is 20.5 Å². The van der Waals surface area contributed by atoms with Gasteiger partial charge in [0, 0.05) is 3.57 Å². The maximum atomic E-state index is 9.80. The number of fused-ring (bicyclic) bond motifs is 1. The van der Waals surface area contributed by atoms with E-state index in [4.69, 9.17) is 9.47 Å². The number of aryl methyl sites for hydroxylation is 1. The molecule has 4 aromatic rings. The van der Waals surface area contributed by atoms with Crippen LogP contribution in [0.4, 0.5) is 0 Å². The summed E-state index contributed by atoms with van der Waals surface area (Å²) in [5.74, 6) is 1.78. The summed E-state index contributed by atoms with van der Waals surface area (Å²) in [5, 5.41) is 9.80. The molecule has 0 spiro atoms. The van der Waals surface area contributed by atoms with Crippen LogP contribution in [0.25, 0.3) is 22.7 Å². The Labute approximate surface area is 214 Å². The molecule has 0 fully saturated rings. The fourth-order valence-electron chi connectivity index (χ4n) is 3.38. The molecule has 7 heteroatoms. The fraction of sp³-hybridized carbons (Fsp3) is 0.154. The Balaban J connectivity index is 1.65. The number of nitrogens with zero attached hydrogens (tertiary/aromatic N) is 2. The van der Waals surface area contributed by atoms with E-state index in [-0.39, 0.29) is 0 Å². The number of ether oxygens (including phenoxy) is 2. The van der Waals surface area contributed by atoms with Gasteiger partial charge in [0.2, 0.25) is 0 Å². The normalized spacial score (nSPS) is 11.4. The number of rotatable bonds is 7. The number of allylic oxidation sites excluding steroid dienone is 1. The number of nitriles is 1. The zero-order chi connectivity index (χ0) is 23.4. The second kappa shape index (κ2) is 10.4. The third-order valence-corrected chi connectivity index (χ3v) is 6.26. The van der Waals surface area contributed by atoms with E-state index in [1.807, 2.05) is 56.3 Å². The Kier molecular flexibility index (Phi) is 7.36. The van der Waals surface area contributed by atoms with Gasteiger partial charge in [-0.05, 0) is 112 Å². The van der Waals surface area contributed by atoms with Crippen LogP contribution in [-0.4, -0.2) is 16.6 Å². The number of halogens is 2. The fourth-order valence-corrected chi connectivity index (χ4v) is 4.32. The van der Waals surface area contributed by atoms with Gasteiger partial charge in [0.25, 0.3) is 0 Å². The molecule has 0 aliphatic rings. The Morgan fingerprint density at radius 1 is 1.15 bits per heavy atom. The molecule has 1 heterocycles. The van der Waals surface area contributed by atoms with E-state index in [1.54, 1.807) is 6.08 Å². The monoisotopic (exact) mass is 613 g/mol. The highest BCUT2D eigenvalue weighted by atomic mass is 127. The second-order valence-electron chi connectivity index (χ2n) is 7.45. The first kappa shape index (κ1) is 23.3. The van der Waals surface area contributed by atoms with Gasteiger partial charge in [-0.2, -0.15) is 5.26 Å². The van der Waals surface area contributed by atoms with Crippen LogP contribution in [0, 0.1) is 21.8 Å². The van der Waals surface area contributed by atoms with Crippen molar-refractivity contribution in [1.82, 2.24) is 9.97 Å². The summed E-state index contributed by atoms with van der Waals surface area (Å²) in [6.07, 6.45) is 1.79. The summed E-state index contributed by atoms with van der Waals surface area (Å²) in [5.41, 5.74) is 5.17. The molecule has 0 amide bonds. The molecule has 1 N–H and O–H groups in total. The summed E-state index contributed by atoms with van der Waals surface area (Å²) in [6.45, 7) is 4.87. The minimum atomic E-state index is 0.423. The Bertz CT molecular complexity index is 1370. The van der Waals surface area contributed by atoms with Gasteiger partial charge in [0.15, 0.2) is 11.5 Å². The van der Waals surface area contributed by atoms with Crippen LogP contribution < -0.4 is 9.47 Å². The van der Waals surface area contributed by atoms with Crippen LogP contribution in [0.1, 0.15) is 29.4 Å². The van der Waals surface area contributed by atoms with E-state index in [9.17, 15) is 5.26 Å². The maximum Gasteiger partial charge on any atom is 0.175 e. The van der Waals surface area contributed by atoms with Crippen LogP contribution >= 0.6 is 38.5 Å². The summed E-state index contributed by atoms with van der Waals surface area (Å²) >= 11 is 5.90. The molecule has 0 saturated carbocycles. The lowest BCUT2D eigenvalue weighted by atomic mass is 10.1. The maximum absolute atomic E-state index is 9.80. The number of nitrogens with one attached hydrogen (secondary N) is 1. The first-order valence-corrected chi connectivity index (χ1v) is 12.3. The van der Waals surface area contributed by atoms with Gasteiger partial charge in [-0.1, -0.05) is 18.2 Å². The molecule has 0 radical (unpaired) electrons. The lowest BCUT2D eigenvalue weighted by molar-refractivity contribution is 0.267. The lowest BCUT2D eigenvalue weighted by Crippen LogP contribution is -2.01. The SMILES string of the molecule is CCOc1cc(/C=C(/C#N)c2nc3ccc(C)cc3[nH]2)cc(Br)c1OCc1ccc(I)cc1. The van der Waals surface area contributed by atoms with Crippen LogP contribution in [0.5, 0.6) is 11.5 Å². The zero-order valence-corrected chi connectivity index (χ0v) is 21.9. The number of benzene rings is 3. The highest BCUT2D eigenvalue weighted by molar-refractivity contribution is 14.1. The lowest BCUT2D eigenvalue weighted by Gasteiger charge is -2.15. The van der Waals surface area contributed by atoms with Crippen molar-refractivity contribution in [3.63, 3.8) is 0 Å². The smallest absolute Gasteiger partial charge is 0.175 e. The molecular weight excluding hydrogens is 593 g/mol. The largest absolute Gasteiger partial charge is 0.490 e. The zero-order valence-electron chi connectivity index (χ0n) is 18.2. The Morgan fingerprint density at radius 2 is 1.94 bits per heavy atom. The molecule has 0 saturated heterocycles. The van der Waals surface area contributed by atoms with Crippen molar-refractivity contribution in [3.05, 3.63) is 85.2 Å². The summed E-state index contributed by atoms with van der Waals surface area (Å²) in [4.78, 5) is 7.82. The first-order valence-electron chi connectivity index (χ1n) is 10.4. The topological polar surface area (TPSA) is 70.9 Å². The number of hydrogen-bond donors (Lipinski definition) is 1. The van der Waals surface area contributed by atoms with E-state index in [0.717, 1.165) is 32.2 Å². The number of aromatic nitrogens is 2. The predicted octanol–water partition coefficient (Wildman–Crippen LogP) is 7.28. The van der Waals surface area contributed by atoms with Crippen LogP contribution in [0.3, 0.4) is 0 Å². The predicted molar refractivity (Wildman–Crippen MR) is 143 cm³/mol. The van der Waals surface area contributed by atoms with Crippen LogP contribution in [-0.2, 0) is 6.61 Å². The second-order valence-corrected chi connectivity index (χ2v) is 9.55. The van der Waals surface area contributed by atoms with E-state index >= 15 is 0 Å². The van der Waals surface area contributed by atoms with Gasteiger partial charge < -0.3 is 14.5 Å². The summed E-state index contributed by atoms with van der Waals surface area (Å²) < 4.78 is 13.9. The van der Waals surface area contributed by atoms with Gasteiger partial charge in [0.1, 0.15) is 18.5 Å². The van der Waals surface area contributed by atoms with Gasteiger partial charge in [-0.3, -0.25) is 0 Å². The average molecular weight is 614 g/mol. The van der Waals surface area contributed by atoms with Crippen molar-refractivity contribution in [1.29, 1.82) is 5.26 Å². The first-order chi connectivity index (χ1) is 16.0. The minimum Gasteiger partial charge on any atom is -0.490 e. The molecule has 5 nitrogen and oxygen atoms in total. The Morgan fingerprint density at radius 3 is 2.67 bits per heavy atom. The highest BCUT2D eigenvalue weighted by Gasteiger charge is 2.14. The third-order valence-electron chi connectivity index (χ3n) is 4.95. The van der Waals surface area contributed by atoms with Gasteiger partial charge in [-0.25, -0.2) is 4.98 Å². The molecule has 1 aromatic heterocycles. The minimum absolute atomic E-state index is 0.423. The van der Waals surface area contributed by atoms with E-state index in [1.165, 1.54) is 3.57 Å². The summed E-state index contributed by atoms with van der Waals surface area (Å²) in [6, 6.07) is 20.2.